The van der Waals surface area contributed by atoms with Gasteiger partial charge in [0.25, 0.3) is 0 Å². The molecule has 0 saturated heterocycles. The van der Waals surface area contributed by atoms with Crippen molar-refractivity contribution >= 4 is 5.91 Å². The van der Waals surface area contributed by atoms with E-state index >= 15 is 0 Å². The van der Waals surface area contributed by atoms with E-state index in [-0.39, 0.29) is 29.9 Å². The minimum Gasteiger partial charge on any atom is -0.396 e. The van der Waals surface area contributed by atoms with E-state index in [4.69, 9.17) is 5.73 Å². The maximum Gasteiger partial charge on any atom is 0.224 e. The van der Waals surface area contributed by atoms with Crippen LogP contribution in [0.3, 0.4) is 0 Å². The molecule has 2 unspecified atom stereocenters. The molecule has 1 fully saturated rings. The first-order valence-electron chi connectivity index (χ1n) is 6.72. The predicted octanol–water partition coefficient (Wildman–Crippen LogP) is 1.03. The van der Waals surface area contributed by atoms with Gasteiger partial charge in [-0.1, -0.05) is 20.3 Å². The van der Waals surface area contributed by atoms with Crippen LogP contribution in [-0.4, -0.2) is 30.2 Å². The second-order valence-electron chi connectivity index (χ2n) is 5.28. The van der Waals surface area contributed by atoms with Crippen molar-refractivity contribution in [3.8, 4) is 0 Å². The van der Waals surface area contributed by atoms with Gasteiger partial charge < -0.3 is 16.2 Å². The minimum absolute atomic E-state index is 0.0155. The molecule has 0 aliphatic heterocycles. The zero-order valence-corrected chi connectivity index (χ0v) is 11.0. The Labute approximate surface area is 104 Å². The lowest BCUT2D eigenvalue weighted by Crippen LogP contribution is -2.44. The fourth-order valence-electron chi connectivity index (χ4n) is 2.50. The number of aliphatic hydroxyl groups excluding tert-OH is 1. The minimum atomic E-state index is -0.168. The van der Waals surface area contributed by atoms with Crippen LogP contribution in [0.1, 0.15) is 46.0 Å². The molecular formula is C13H26N2O2. The molecule has 0 aromatic carbocycles. The van der Waals surface area contributed by atoms with E-state index in [2.05, 4.69) is 5.32 Å². The molecule has 0 bridgehead atoms. The lowest BCUT2D eigenvalue weighted by atomic mass is 9.83. The van der Waals surface area contributed by atoms with Crippen molar-refractivity contribution in [1.82, 2.24) is 5.32 Å². The van der Waals surface area contributed by atoms with Crippen LogP contribution in [0.15, 0.2) is 0 Å². The summed E-state index contributed by atoms with van der Waals surface area (Å²) < 4.78 is 0. The number of carbonyl (C=O) groups is 1. The Morgan fingerprint density at radius 3 is 2.47 bits per heavy atom. The number of nitrogens with one attached hydrogen (secondary N) is 1. The predicted molar refractivity (Wildman–Crippen MR) is 68.4 cm³/mol. The molecule has 100 valence electrons. The summed E-state index contributed by atoms with van der Waals surface area (Å²) in [4.78, 5) is 12.0. The molecule has 0 heterocycles. The monoisotopic (exact) mass is 242 g/mol. The van der Waals surface area contributed by atoms with Crippen molar-refractivity contribution in [2.24, 2.45) is 17.1 Å². The molecular weight excluding hydrogens is 216 g/mol. The number of hydrogen-bond acceptors (Lipinski definition) is 3. The molecule has 4 N–H and O–H groups in total. The highest BCUT2D eigenvalue weighted by Crippen LogP contribution is 2.26. The molecule has 0 aromatic rings. The average molecular weight is 242 g/mol. The smallest absolute Gasteiger partial charge is 0.224 e. The Kier molecular flexibility index (Phi) is 5.40. The first-order valence-corrected chi connectivity index (χ1v) is 6.72. The van der Waals surface area contributed by atoms with Crippen molar-refractivity contribution in [3.63, 3.8) is 0 Å². The SMILES string of the molecule is CCC(CC)(CO)CNC(=O)C1CCCC1N. The van der Waals surface area contributed by atoms with Gasteiger partial charge >= 0.3 is 0 Å². The molecule has 4 nitrogen and oxygen atoms in total. The lowest BCUT2D eigenvalue weighted by Gasteiger charge is -2.30. The maximum absolute atomic E-state index is 12.0. The van der Waals surface area contributed by atoms with Crippen LogP contribution in [-0.2, 0) is 4.79 Å². The van der Waals surface area contributed by atoms with Crippen molar-refractivity contribution in [3.05, 3.63) is 0 Å². The molecule has 1 rings (SSSR count). The van der Waals surface area contributed by atoms with E-state index in [0.717, 1.165) is 32.1 Å². The van der Waals surface area contributed by atoms with Gasteiger partial charge in [0.1, 0.15) is 0 Å². The molecule has 1 aliphatic carbocycles. The summed E-state index contributed by atoms with van der Waals surface area (Å²) >= 11 is 0. The van der Waals surface area contributed by atoms with Gasteiger partial charge in [0.05, 0.1) is 12.5 Å². The fourth-order valence-corrected chi connectivity index (χ4v) is 2.50. The quantitative estimate of drug-likeness (QED) is 0.651. The van der Waals surface area contributed by atoms with Crippen LogP contribution < -0.4 is 11.1 Å². The molecule has 2 atom stereocenters. The Morgan fingerprint density at radius 1 is 1.41 bits per heavy atom. The average Bonchev–Trinajstić information content (AvgIpc) is 2.78. The van der Waals surface area contributed by atoms with E-state index in [9.17, 15) is 9.90 Å². The Hall–Kier alpha value is -0.610. The van der Waals surface area contributed by atoms with Gasteiger partial charge in [-0.2, -0.15) is 0 Å². The molecule has 1 saturated carbocycles. The Bertz CT molecular complexity index is 244. The zero-order valence-electron chi connectivity index (χ0n) is 11.0. The Balaban J connectivity index is 2.46. The number of amides is 1. The molecule has 0 aromatic heterocycles. The molecule has 0 radical (unpaired) electrons. The molecule has 0 spiro atoms. The standard InChI is InChI=1S/C13H26N2O2/c1-3-13(4-2,9-16)8-15-12(17)10-6-5-7-11(10)14/h10-11,16H,3-9,14H2,1-2H3,(H,15,17). The van der Waals surface area contributed by atoms with Crippen molar-refractivity contribution < 1.29 is 9.90 Å². The summed E-state index contributed by atoms with van der Waals surface area (Å²) in [7, 11) is 0. The van der Waals surface area contributed by atoms with Gasteiger partial charge in [-0.3, -0.25) is 4.79 Å². The van der Waals surface area contributed by atoms with Crippen molar-refractivity contribution in [1.29, 1.82) is 0 Å². The van der Waals surface area contributed by atoms with E-state index < -0.39 is 0 Å². The van der Waals surface area contributed by atoms with Crippen LogP contribution in [0.4, 0.5) is 0 Å². The third kappa shape index (κ3) is 3.42. The molecule has 4 heteroatoms. The van der Waals surface area contributed by atoms with Gasteiger partial charge in [0.15, 0.2) is 0 Å². The Morgan fingerprint density at radius 2 is 2.06 bits per heavy atom. The number of nitrogens with two attached hydrogens (primary N) is 1. The highest BCUT2D eigenvalue weighted by Gasteiger charge is 2.32. The summed E-state index contributed by atoms with van der Waals surface area (Å²) in [5.74, 6) is 0.0369. The summed E-state index contributed by atoms with van der Waals surface area (Å²) in [6.07, 6.45) is 4.64. The highest BCUT2D eigenvalue weighted by molar-refractivity contribution is 5.79. The van der Waals surface area contributed by atoms with E-state index in [1.54, 1.807) is 0 Å². The first-order chi connectivity index (χ1) is 8.08. The maximum atomic E-state index is 12.0. The van der Waals surface area contributed by atoms with Crippen LogP contribution in [0.5, 0.6) is 0 Å². The molecule has 1 amide bonds. The molecule has 17 heavy (non-hydrogen) atoms. The first kappa shape index (κ1) is 14.5. The third-order valence-corrected chi connectivity index (χ3v) is 4.38. The van der Waals surface area contributed by atoms with Crippen LogP contribution in [0, 0.1) is 11.3 Å². The van der Waals surface area contributed by atoms with Gasteiger partial charge in [0.2, 0.25) is 5.91 Å². The van der Waals surface area contributed by atoms with Gasteiger partial charge in [0, 0.05) is 18.0 Å². The van der Waals surface area contributed by atoms with Crippen LogP contribution in [0.25, 0.3) is 0 Å². The van der Waals surface area contributed by atoms with Crippen LogP contribution in [0.2, 0.25) is 0 Å². The third-order valence-electron chi connectivity index (χ3n) is 4.38. The van der Waals surface area contributed by atoms with Crippen molar-refractivity contribution in [2.45, 2.75) is 52.0 Å². The summed E-state index contributed by atoms with van der Waals surface area (Å²) in [5, 5.41) is 12.4. The number of carbonyl (C=O) groups excluding carboxylic acids is 1. The number of rotatable bonds is 6. The number of aliphatic hydroxyl groups is 1. The lowest BCUT2D eigenvalue weighted by molar-refractivity contribution is -0.125. The van der Waals surface area contributed by atoms with Gasteiger partial charge in [-0.25, -0.2) is 0 Å². The van der Waals surface area contributed by atoms with E-state index in [1.807, 2.05) is 13.8 Å². The topological polar surface area (TPSA) is 75.3 Å². The van der Waals surface area contributed by atoms with Gasteiger partial charge in [-0.05, 0) is 25.7 Å². The van der Waals surface area contributed by atoms with Gasteiger partial charge in [-0.15, -0.1) is 0 Å². The summed E-state index contributed by atoms with van der Waals surface area (Å²) in [5.41, 5.74) is 5.74. The second kappa shape index (κ2) is 6.36. The second-order valence-corrected chi connectivity index (χ2v) is 5.28. The number of hydrogen-bond donors (Lipinski definition) is 3. The van der Waals surface area contributed by atoms with Crippen LogP contribution >= 0.6 is 0 Å². The van der Waals surface area contributed by atoms with Crippen molar-refractivity contribution in [2.75, 3.05) is 13.2 Å². The normalized spacial score (nSPS) is 24.9. The van der Waals surface area contributed by atoms with E-state index in [1.165, 1.54) is 0 Å². The molecule has 1 aliphatic rings. The zero-order chi connectivity index (χ0) is 12.9. The summed E-state index contributed by atoms with van der Waals surface area (Å²) in [6, 6.07) is 0.0155. The highest BCUT2D eigenvalue weighted by atomic mass is 16.3. The van der Waals surface area contributed by atoms with E-state index in [0.29, 0.717) is 6.54 Å². The largest absolute Gasteiger partial charge is 0.396 e. The summed E-state index contributed by atoms with van der Waals surface area (Å²) in [6.45, 7) is 4.77. The fraction of sp³-hybridized carbons (Fsp3) is 0.923.